The predicted molar refractivity (Wildman–Crippen MR) is 101 cm³/mol. The van der Waals surface area contributed by atoms with Crippen LogP contribution in [0.2, 0.25) is 0 Å². The highest BCUT2D eigenvalue weighted by molar-refractivity contribution is 7.89. The summed E-state index contributed by atoms with van der Waals surface area (Å²) in [7, 11) is -1.59. The lowest BCUT2D eigenvalue weighted by Gasteiger charge is -2.35. The molecule has 0 atom stereocenters. The number of piperazine rings is 1. The summed E-state index contributed by atoms with van der Waals surface area (Å²) in [5, 5.41) is 0. The van der Waals surface area contributed by atoms with Crippen molar-refractivity contribution in [3.8, 4) is 0 Å². The molecule has 1 heterocycles. The highest BCUT2D eigenvalue weighted by Crippen LogP contribution is 2.28. The molecular weight excluding hydrogens is 336 g/mol. The van der Waals surface area contributed by atoms with Crippen LogP contribution in [0.5, 0.6) is 0 Å². The van der Waals surface area contributed by atoms with Gasteiger partial charge in [-0.2, -0.15) is 0 Å². The lowest BCUT2D eigenvalue weighted by atomic mass is 10.2. The molecule has 1 aliphatic rings. The molecule has 7 heteroatoms. The lowest BCUT2D eigenvalue weighted by Crippen LogP contribution is -2.45. The van der Waals surface area contributed by atoms with Crippen molar-refractivity contribution in [2.24, 2.45) is 0 Å². The molecule has 0 saturated carbocycles. The Kier molecular flexibility index (Phi) is 5.27. The van der Waals surface area contributed by atoms with E-state index in [0.29, 0.717) is 11.4 Å². The number of benzene rings is 2. The Labute approximate surface area is 149 Å². The molecule has 1 fully saturated rings. The predicted octanol–water partition coefficient (Wildman–Crippen LogP) is 1.50. The average Bonchev–Trinajstić information content (AvgIpc) is 2.62. The Bertz CT molecular complexity index is 816. The van der Waals surface area contributed by atoms with E-state index >= 15 is 0 Å². The third-order valence-electron chi connectivity index (χ3n) is 4.43. The number of hydrogen-bond acceptors (Lipinski definition) is 5. The van der Waals surface area contributed by atoms with Crippen molar-refractivity contribution in [2.75, 3.05) is 43.9 Å². The molecule has 0 unspecified atom stereocenters. The monoisotopic (exact) mass is 360 g/mol. The number of anilines is 2. The first kappa shape index (κ1) is 17.7. The first-order chi connectivity index (χ1) is 12.0. The van der Waals surface area contributed by atoms with E-state index < -0.39 is 10.0 Å². The molecule has 25 heavy (non-hydrogen) atoms. The number of nitrogens with zero attached hydrogens (tertiary/aromatic N) is 2. The van der Waals surface area contributed by atoms with Crippen molar-refractivity contribution in [1.29, 1.82) is 0 Å². The van der Waals surface area contributed by atoms with E-state index in [-0.39, 0.29) is 11.4 Å². The molecule has 0 aromatic heterocycles. The molecule has 3 N–H and O–H groups in total. The maximum Gasteiger partial charge on any atom is 0.243 e. The molecule has 134 valence electrons. The zero-order chi connectivity index (χ0) is 17.9. The van der Waals surface area contributed by atoms with Gasteiger partial charge >= 0.3 is 0 Å². The molecule has 1 saturated heterocycles. The Morgan fingerprint density at radius 2 is 1.72 bits per heavy atom. The van der Waals surface area contributed by atoms with Crippen LogP contribution >= 0.6 is 0 Å². The van der Waals surface area contributed by atoms with Crippen LogP contribution in [0.1, 0.15) is 5.56 Å². The van der Waals surface area contributed by atoms with E-state index in [4.69, 9.17) is 5.73 Å². The minimum atomic E-state index is -3.66. The number of nitrogens with one attached hydrogen (secondary N) is 1. The molecule has 0 spiro atoms. The van der Waals surface area contributed by atoms with Crippen LogP contribution in [0, 0.1) is 0 Å². The van der Waals surface area contributed by atoms with Crippen molar-refractivity contribution in [1.82, 2.24) is 9.62 Å². The summed E-state index contributed by atoms with van der Waals surface area (Å²) in [6, 6.07) is 14.6. The van der Waals surface area contributed by atoms with Gasteiger partial charge in [0.2, 0.25) is 10.0 Å². The number of sulfonamides is 1. The third-order valence-corrected chi connectivity index (χ3v) is 5.86. The van der Waals surface area contributed by atoms with Gasteiger partial charge in [-0.05, 0) is 30.8 Å². The highest BCUT2D eigenvalue weighted by Gasteiger charge is 2.24. The van der Waals surface area contributed by atoms with E-state index in [2.05, 4.69) is 21.6 Å². The summed E-state index contributed by atoms with van der Waals surface area (Å²) in [6.45, 7) is 3.64. The molecular formula is C18H24N4O2S. The van der Waals surface area contributed by atoms with Crippen LogP contribution < -0.4 is 15.4 Å². The van der Waals surface area contributed by atoms with E-state index in [1.165, 1.54) is 0 Å². The molecule has 3 rings (SSSR count). The SMILES string of the molecule is CN1CCN(c2ccc(N)cc2S(=O)(=O)NCc2ccccc2)CC1. The third kappa shape index (κ3) is 4.31. The fraction of sp³-hybridized carbons (Fsp3) is 0.333. The van der Waals surface area contributed by atoms with Gasteiger partial charge < -0.3 is 15.5 Å². The summed E-state index contributed by atoms with van der Waals surface area (Å²) in [5.41, 5.74) is 7.93. The van der Waals surface area contributed by atoms with Gasteiger partial charge in [-0.1, -0.05) is 30.3 Å². The maximum absolute atomic E-state index is 12.9. The number of likely N-dealkylation sites (N-methyl/N-ethyl adjacent to an activating group) is 1. The summed E-state index contributed by atoms with van der Waals surface area (Å²) in [6.07, 6.45) is 0. The van der Waals surface area contributed by atoms with Crippen LogP contribution in [0.25, 0.3) is 0 Å². The van der Waals surface area contributed by atoms with Gasteiger partial charge in [0.05, 0.1) is 5.69 Å². The Balaban J connectivity index is 1.85. The molecule has 0 amide bonds. The zero-order valence-electron chi connectivity index (χ0n) is 14.4. The molecule has 6 nitrogen and oxygen atoms in total. The number of rotatable bonds is 5. The summed E-state index contributed by atoms with van der Waals surface area (Å²) >= 11 is 0. The second kappa shape index (κ2) is 7.43. The fourth-order valence-electron chi connectivity index (χ4n) is 2.91. The van der Waals surface area contributed by atoms with E-state index in [0.717, 1.165) is 31.7 Å². The van der Waals surface area contributed by atoms with Crippen LogP contribution in [0.4, 0.5) is 11.4 Å². The van der Waals surface area contributed by atoms with E-state index in [1.54, 1.807) is 18.2 Å². The van der Waals surface area contributed by atoms with E-state index in [1.807, 2.05) is 30.3 Å². The van der Waals surface area contributed by atoms with Gasteiger partial charge in [-0.15, -0.1) is 0 Å². The standard InChI is InChI=1S/C18H24N4O2S/c1-21-9-11-22(12-10-21)17-8-7-16(19)13-18(17)25(23,24)20-14-15-5-3-2-4-6-15/h2-8,13,20H,9-12,14,19H2,1H3. The van der Waals surface area contributed by atoms with Crippen molar-refractivity contribution < 1.29 is 8.42 Å². The largest absolute Gasteiger partial charge is 0.399 e. The second-order valence-corrected chi connectivity index (χ2v) is 8.06. The van der Waals surface area contributed by atoms with Gasteiger partial charge in [0, 0.05) is 38.4 Å². The highest BCUT2D eigenvalue weighted by atomic mass is 32.2. The van der Waals surface area contributed by atoms with Crippen molar-refractivity contribution in [2.45, 2.75) is 11.4 Å². The van der Waals surface area contributed by atoms with Crippen LogP contribution in [-0.2, 0) is 16.6 Å². The number of nitrogen functional groups attached to an aromatic ring is 1. The normalized spacial score (nSPS) is 16.1. The second-order valence-electron chi connectivity index (χ2n) is 6.33. The van der Waals surface area contributed by atoms with Crippen LogP contribution in [0.15, 0.2) is 53.4 Å². The first-order valence-electron chi connectivity index (χ1n) is 8.32. The number of hydrogen-bond donors (Lipinski definition) is 2. The minimum absolute atomic E-state index is 0.244. The lowest BCUT2D eigenvalue weighted by molar-refractivity contribution is 0.312. The molecule has 2 aromatic carbocycles. The molecule has 0 bridgehead atoms. The Morgan fingerprint density at radius 3 is 2.40 bits per heavy atom. The maximum atomic E-state index is 12.9. The summed E-state index contributed by atoms with van der Waals surface area (Å²) < 4.78 is 28.5. The Morgan fingerprint density at radius 1 is 1.04 bits per heavy atom. The quantitative estimate of drug-likeness (QED) is 0.790. The Hall–Kier alpha value is -2.09. The molecule has 1 aliphatic heterocycles. The van der Waals surface area contributed by atoms with Gasteiger partial charge in [0.15, 0.2) is 0 Å². The van der Waals surface area contributed by atoms with Crippen molar-refractivity contribution >= 4 is 21.4 Å². The number of nitrogens with two attached hydrogens (primary N) is 1. The summed E-state index contributed by atoms with van der Waals surface area (Å²) in [4.78, 5) is 4.58. The van der Waals surface area contributed by atoms with Gasteiger partial charge in [0.1, 0.15) is 4.90 Å². The van der Waals surface area contributed by atoms with Gasteiger partial charge in [0.25, 0.3) is 0 Å². The van der Waals surface area contributed by atoms with Crippen molar-refractivity contribution in [3.05, 3.63) is 54.1 Å². The first-order valence-corrected chi connectivity index (χ1v) is 9.80. The molecule has 0 radical (unpaired) electrons. The zero-order valence-corrected chi connectivity index (χ0v) is 15.2. The van der Waals surface area contributed by atoms with Crippen molar-refractivity contribution in [3.63, 3.8) is 0 Å². The van der Waals surface area contributed by atoms with E-state index in [9.17, 15) is 8.42 Å². The van der Waals surface area contributed by atoms with Crippen LogP contribution in [-0.4, -0.2) is 46.5 Å². The van der Waals surface area contributed by atoms with Crippen LogP contribution in [0.3, 0.4) is 0 Å². The topological polar surface area (TPSA) is 78.7 Å². The molecule has 2 aromatic rings. The minimum Gasteiger partial charge on any atom is -0.399 e. The average molecular weight is 360 g/mol. The van der Waals surface area contributed by atoms with Gasteiger partial charge in [-0.25, -0.2) is 13.1 Å². The summed E-state index contributed by atoms with van der Waals surface area (Å²) in [5.74, 6) is 0. The smallest absolute Gasteiger partial charge is 0.243 e. The molecule has 0 aliphatic carbocycles. The van der Waals surface area contributed by atoms with Gasteiger partial charge in [-0.3, -0.25) is 0 Å². The fourth-order valence-corrected chi connectivity index (χ4v) is 4.18.